The van der Waals surface area contributed by atoms with Crippen LogP contribution in [0, 0.1) is 5.92 Å². The average Bonchev–Trinajstić information content (AvgIpc) is 3.05. The van der Waals surface area contributed by atoms with Crippen molar-refractivity contribution in [3.05, 3.63) is 34.3 Å². The van der Waals surface area contributed by atoms with Crippen molar-refractivity contribution in [2.75, 3.05) is 0 Å². The molecule has 2 rings (SSSR count). The third kappa shape index (κ3) is 5.88. The molecular weight excluding hydrogens is 386 g/mol. The number of esters is 1. The fourth-order valence-electron chi connectivity index (χ4n) is 2.69. The molecular formula is C17H24BrN5O2. The van der Waals surface area contributed by atoms with Gasteiger partial charge < -0.3 is 4.74 Å². The number of H-pyrrole nitrogens is 1. The molecule has 2 unspecified atom stereocenters. The van der Waals surface area contributed by atoms with Gasteiger partial charge in [-0.25, -0.2) is 4.98 Å². The number of carbonyl (C=O) groups excluding carboxylic acids is 1. The lowest BCUT2D eigenvalue weighted by molar-refractivity contribution is -0.161. The summed E-state index contributed by atoms with van der Waals surface area (Å²) in [6.07, 6.45) is 3.92. The van der Waals surface area contributed by atoms with Gasteiger partial charge >= 0.3 is 5.97 Å². The van der Waals surface area contributed by atoms with Crippen molar-refractivity contribution in [3.63, 3.8) is 0 Å². The van der Waals surface area contributed by atoms with E-state index in [-0.39, 0.29) is 17.8 Å². The number of aromatic nitrogens is 5. The quantitative estimate of drug-likeness (QED) is 0.555. The molecule has 136 valence electrons. The Morgan fingerprint density at radius 2 is 2.12 bits per heavy atom. The molecule has 2 aromatic rings. The highest BCUT2D eigenvalue weighted by Gasteiger charge is 2.35. The third-order valence-electron chi connectivity index (χ3n) is 3.73. The Balaban J connectivity index is 2.30. The summed E-state index contributed by atoms with van der Waals surface area (Å²) in [7, 11) is 0. The van der Waals surface area contributed by atoms with Crippen LogP contribution in [0.25, 0.3) is 0 Å². The van der Waals surface area contributed by atoms with E-state index in [1.807, 2.05) is 39.8 Å². The van der Waals surface area contributed by atoms with Crippen LogP contribution >= 0.6 is 15.9 Å². The van der Waals surface area contributed by atoms with Crippen LogP contribution in [-0.2, 0) is 16.0 Å². The molecule has 0 aliphatic rings. The summed E-state index contributed by atoms with van der Waals surface area (Å²) in [5.41, 5.74) is 0.465. The molecule has 2 atom stereocenters. The van der Waals surface area contributed by atoms with Crippen molar-refractivity contribution in [2.45, 2.75) is 58.5 Å². The second-order valence-electron chi connectivity index (χ2n) is 7.00. The largest absolute Gasteiger partial charge is 0.460 e. The fraction of sp³-hybridized carbons (Fsp3) is 0.588. The van der Waals surface area contributed by atoms with Crippen LogP contribution in [0.1, 0.15) is 57.8 Å². The van der Waals surface area contributed by atoms with Gasteiger partial charge in [0.25, 0.3) is 0 Å². The van der Waals surface area contributed by atoms with E-state index in [4.69, 9.17) is 4.74 Å². The Morgan fingerprint density at radius 1 is 1.36 bits per heavy atom. The first kappa shape index (κ1) is 19.5. The normalized spacial score (nSPS) is 14.1. The summed E-state index contributed by atoms with van der Waals surface area (Å²) >= 11 is 3.34. The first-order chi connectivity index (χ1) is 11.8. The lowest BCUT2D eigenvalue weighted by Crippen LogP contribution is -2.33. The molecule has 2 heterocycles. The predicted molar refractivity (Wildman–Crippen MR) is 96.8 cm³/mol. The van der Waals surface area contributed by atoms with E-state index < -0.39 is 5.60 Å². The predicted octanol–water partition coefficient (Wildman–Crippen LogP) is 3.44. The molecule has 0 fully saturated rings. The Hall–Kier alpha value is -1.83. The Morgan fingerprint density at radius 3 is 2.64 bits per heavy atom. The molecule has 0 radical (unpaired) electrons. The number of rotatable bonds is 7. The molecule has 0 aromatic carbocycles. The highest BCUT2D eigenvalue weighted by molar-refractivity contribution is 9.10. The van der Waals surface area contributed by atoms with Gasteiger partial charge in [-0.1, -0.05) is 24.6 Å². The lowest BCUT2D eigenvalue weighted by Gasteiger charge is -2.27. The van der Waals surface area contributed by atoms with Crippen LogP contribution in [0.15, 0.2) is 22.9 Å². The third-order valence-corrected chi connectivity index (χ3v) is 4.20. The summed E-state index contributed by atoms with van der Waals surface area (Å²) in [6, 6.07) is 3.85. The molecule has 0 aliphatic heterocycles. The Kier molecular flexibility index (Phi) is 6.64. The van der Waals surface area contributed by atoms with Gasteiger partial charge in [0, 0.05) is 12.1 Å². The molecule has 0 bridgehead atoms. The van der Waals surface area contributed by atoms with E-state index >= 15 is 0 Å². The lowest BCUT2D eigenvalue weighted by atomic mass is 9.83. The molecule has 0 saturated carbocycles. The topological polar surface area (TPSA) is 93.6 Å². The maximum absolute atomic E-state index is 12.8. The highest BCUT2D eigenvalue weighted by atomic mass is 79.9. The number of halogens is 1. The minimum absolute atomic E-state index is 0.225. The summed E-state index contributed by atoms with van der Waals surface area (Å²) < 4.78 is 6.41. The van der Waals surface area contributed by atoms with Crippen LogP contribution in [0.5, 0.6) is 0 Å². The molecule has 2 aromatic heterocycles. The van der Waals surface area contributed by atoms with Gasteiger partial charge in [0.15, 0.2) is 5.82 Å². The van der Waals surface area contributed by atoms with Crippen LogP contribution in [0.2, 0.25) is 0 Å². The van der Waals surface area contributed by atoms with Gasteiger partial charge in [0.2, 0.25) is 0 Å². The number of ether oxygens (including phenoxy) is 1. The second kappa shape index (κ2) is 8.51. The van der Waals surface area contributed by atoms with Gasteiger partial charge in [-0.2, -0.15) is 5.21 Å². The number of pyridine rings is 1. The first-order valence-electron chi connectivity index (χ1n) is 8.36. The van der Waals surface area contributed by atoms with E-state index in [0.717, 1.165) is 16.6 Å². The number of aromatic amines is 1. The minimum Gasteiger partial charge on any atom is -0.460 e. The number of nitrogens with one attached hydrogen (secondary N) is 1. The number of carbonyl (C=O) groups is 1. The molecule has 1 N–H and O–H groups in total. The van der Waals surface area contributed by atoms with E-state index in [2.05, 4.69) is 41.5 Å². The number of nitrogens with zero attached hydrogens (tertiary/aromatic N) is 4. The van der Waals surface area contributed by atoms with Crippen LogP contribution in [0.3, 0.4) is 0 Å². The van der Waals surface area contributed by atoms with Crippen molar-refractivity contribution in [3.8, 4) is 0 Å². The van der Waals surface area contributed by atoms with Gasteiger partial charge in [0.1, 0.15) is 10.2 Å². The van der Waals surface area contributed by atoms with Gasteiger partial charge in [-0.15, -0.1) is 10.2 Å². The molecule has 0 amide bonds. The molecule has 0 saturated heterocycles. The average molecular weight is 410 g/mol. The SMILES string of the molecule is CCCC(C(=O)OC(C)(C)C)C(Cc1ccc(Br)nc1)c1nn[nH]n1. The first-order valence-corrected chi connectivity index (χ1v) is 9.16. The summed E-state index contributed by atoms with van der Waals surface area (Å²) in [5, 5.41) is 14.4. The maximum Gasteiger partial charge on any atom is 0.310 e. The van der Waals surface area contributed by atoms with Crippen molar-refractivity contribution >= 4 is 21.9 Å². The minimum atomic E-state index is -0.538. The van der Waals surface area contributed by atoms with E-state index in [9.17, 15) is 4.79 Å². The zero-order valence-electron chi connectivity index (χ0n) is 15.0. The van der Waals surface area contributed by atoms with Gasteiger partial charge in [0.05, 0.1) is 5.92 Å². The summed E-state index contributed by atoms with van der Waals surface area (Å²) in [6.45, 7) is 7.66. The number of hydrogen-bond donors (Lipinski definition) is 1. The van der Waals surface area contributed by atoms with Crippen LogP contribution in [-0.4, -0.2) is 37.2 Å². The van der Waals surface area contributed by atoms with Crippen molar-refractivity contribution < 1.29 is 9.53 Å². The zero-order chi connectivity index (χ0) is 18.4. The van der Waals surface area contributed by atoms with Crippen molar-refractivity contribution in [1.82, 2.24) is 25.6 Å². The monoisotopic (exact) mass is 409 g/mol. The van der Waals surface area contributed by atoms with Crippen molar-refractivity contribution in [2.24, 2.45) is 5.92 Å². The van der Waals surface area contributed by atoms with Crippen LogP contribution in [0.4, 0.5) is 0 Å². The smallest absolute Gasteiger partial charge is 0.310 e. The van der Waals surface area contributed by atoms with E-state index in [1.165, 1.54) is 0 Å². The zero-order valence-corrected chi connectivity index (χ0v) is 16.6. The summed E-state index contributed by atoms with van der Waals surface area (Å²) in [4.78, 5) is 17.1. The molecule has 0 aliphatic carbocycles. The second-order valence-corrected chi connectivity index (χ2v) is 7.81. The number of tetrazole rings is 1. The Bertz CT molecular complexity index is 667. The van der Waals surface area contributed by atoms with Gasteiger partial charge in [-0.3, -0.25) is 4.79 Å². The maximum atomic E-state index is 12.8. The Labute approximate surface area is 156 Å². The van der Waals surface area contributed by atoms with Gasteiger partial charge in [-0.05, 0) is 61.2 Å². The standard InChI is InChI=1S/C17H24BrN5O2/c1-5-6-12(16(24)25-17(2,3)4)13(15-20-22-23-21-15)9-11-7-8-14(18)19-10-11/h7-8,10,12-13H,5-6,9H2,1-4H3,(H,20,21,22,23). The number of hydrogen-bond acceptors (Lipinski definition) is 6. The highest BCUT2D eigenvalue weighted by Crippen LogP contribution is 2.31. The fourth-order valence-corrected chi connectivity index (χ4v) is 2.93. The molecule has 8 heteroatoms. The van der Waals surface area contributed by atoms with Crippen molar-refractivity contribution in [1.29, 1.82) is 0 Å². The van der Waals surface area contributed by atoms with E-state index in [0.29, 0.717) is 18.7 Å². The molecule has 0 spiro atoms. The van der Waals surface area contributed by atoms with Crippen LogP contribution < -0.4 is 0 Å². The molecule has 25 heavy (non-hydrogen) atoms. The van der Waals surface area contributed by atoms with E-state index in [1.54, 1.807) is 6.20 Å². The molecule has 7 nitrogen and oxygen atoms in total. The summed E-state index contributed by atoms with van der Waals surface area (Å²) in [5.74, 6) is -0.275.